The van der Waals surface area contributed by atoms with Crippen molar-refractivity contribution in [2.45, 2.75) is 26.4 Å². The third-order valence-corrected chi connectivity index (χ3v) is 4.18. The lowest BCUT2D eigenvalue weighted by atomic mass is 10.1. The van der Waals surface area contributed by atoms with Crippen molar-refractivity contribution >= 4 is 23.6 Å². The van der Waals surface area contributed by atoms with E-state index in [0.717, 1.165) is 6.42 Å². The van der Waals surface area contributed by atoms with E-state index in [1.54, 1.807) is 18.2 Å². The molecule has 0 aromatic heterocycles. The Hall–Kier alpha value is -3.79. The first-order valence-electron chi connectivity index (χ1n) is 9.43. The van der Waals surface area contributed by atoms with Crippen LogP contribution in [-0.4, -0.2) is 31.7 Å². The minimum absolute atomic E-state index is 0.0967. The van der Waals surface area contributed by atoms with Gasteiger partial charge in [-0.1, -0.05) is 25.1 Å². The van der Waals surface area contributed by atoms with Crippen molar-refractivity contribution in [3.05, 3.63) is 59.7 Å². The second-order valence-electron chi connectivity index (χ2n) is 6.31. The number of carbonyl (C=O) groups excluding carboxylic acids is 2. The summed E-state index contributed by atoms with van der Waals surface area (Å²) in [6.45, 7) is 3.46. The van der Waals surface area contributed by atoms with E-state index in [2.05, 4.69) is 12.2 Å². The smallest absolute Gasteiger partial charge is 0.331 e. The zero-order chi connectivity index (χ0) is 21.9. The van der Waals surface area contributed by atoms with Crippen LogP contribution in [0.15, 0.2) is 48.5 Å². The summed E-state index contributed by atoms with van der Waals surface area (Å²) in [6, 6.07) is 14.4. The predicted octanol–water partition coefficient (Wildman–Crippen LogP) is 3.74. The van der Waals surface area contributed by atoms with Gasteiger partial charge in [0.2, 0.25) is 0 Å². The second-order valence-corrected chi connectivity index (χ2v) is 6.31. The first-order valence-corrected chi connectivity index (χ1v) is 9.43. The first kappa shape index (κ1) is 22.5. The first-order chi connectivity index (χ1) is 14.5. The number of ether oxygens (including phenoxy) is 3. The molecule has 1 unspecified atom stereocenters. The predicted molar refractivity (Wildman–Crippen MR) is 113 cm³/mol. The second kappa shape index (κ2) is 11.3. The Morgan fingerprint density at radius 2 is 1.90 bits per heavy atom. The normalized spacial score (nSPS) is 11.4. The molecule has 2 rings (SSSR count). The van der Waals surface area contributed by atoms with Crippen molar-refractivity contribution in [2.24, 2.45) is 0 Å². The van der Waals surface area contributed by atoms with Crippen LogP contribution in [-0.2, 0) is 20.7 Å². The zero-order valence-corrected chi connectivity index (χ0v) is 17.2. The van der Waals surface area contributed by atoms with Crippen molar-refractivity contribution in [3.63, 3.8) is 0 Å². The van der Waals surface area contributed by atoms with Gasteiger partial charge in [0, 0.05) is 11.8 Å². The number of nitrogens with one attached hydrogen (secondary N) is 1. The number of aryl methyl sites for hydroxylation is 1. The van der Waals surface area contributed by atoms with Gasteiger partial charge in [0.15, 0.2) is 24.2 Å². The van der Waals surface area contributed by atoms with Crippen LogP contribution < -0.4 is 14.8 Å². The van der Waals surface area contributed by atoms with Crippen LogP contribution in [0, 0.1) is 11.3 Å². The van der Waals surface area contributed by atoms with Crippen molar-refractivity contribution < 1.29 is 23.8 Å². The van der Waals surface area contributed by atoms with Crippen LogP contribution in [0.1, 0.15) is 25.0 Å². The molecule has 1 atom stereocenters. The molecule has 7 heteroatoms. The highest BCUT2D eigenvalue weighted by molar-refractivity contribution is 5.96. The molecule has 2 aromatic rings. The van der Waals surface area contributed by atoms with E-state index in [1.165, 1.54) is 31.7 Å². The van der Waals surface area contributed by atoms with Crippen LogP contribution in [0.4, 0.5) is 5.69 Å². The molecule has 0 bridgehead atoms. The van der Waals surface area contributed by atoms with Crippen LogP contribution in [0.5, 0.6) is 11.5 Å². The maximum atomic E-state index is 12.2. The molecule has 0 fully saturated rings. The Labute approximate surface area is 175 Å². The van der Waals surface area contributed by atoms with Crippen LogP contribution in [0.2, 0.25) is 0 Å². The molecule has 7 nitrogen and oxygen atoms in total. The monoisotopic (exact) mass is 408 g/mol. The molecule has 0 aliphatic carbocycles. The lowest BCUT2D eigenvalue weighted by molar-refractivity contribution is -0.148. The van der Waals surface area contributed by atoms with E-state index >= 15 is 0 Å². The molecule has 1 amide bonds. The summed E-state index contributed by atoms with van der Waals surface area (Å²) in [6.07, 6.45) is 2.72. The van der Waals surface area contributed by atoms with E-state index in [-0.39, 0.29) is 6.61 Å². The minimum atomic E-state index is -0.954. The summed E-state index contributed by atoms with van der Waals surface area (Å²) in [5.74, 6) is -0.205. The number of carbonyl (C=O) groups is 2. The lowest BCUT2D eigenvalue weighted by Gasteiger charge is -2.12. The van der Waals surface area contributed by atoms with Gasteiger partial charge in [0.05, 0.1) is 7.11 Å². The van der Waals surface area contributed by atoms with Gasteiger partial charge < -0.3 is 19.5 Å². The van der Waals surface area contributed by atoms with Crippen LogP contribution in [0.25, 0.3) is 6.08 Å². The van der Waals surface area contributed by atoms with Gasteiger partial charge in [-0.05, 0) is 54.8 Å². The molecule has 0 radical (unpaired) electrons. The molecule has 0 spiro atoms. The molecule has 30 heavy (non-hydrogen) atoms. The number of esters is 1. The Morgan fingerprint density at radius 1 is 1.17 bits per heavy atom. The van der Waals surface area contributed by atoms with Crippen molar-refractivity contribution in [1.29, 1.82) is 5.26 Å². The number of benzene rings is 2. The van der Waals surface area contributed by atoms with Gasteiger partial charge in [0.1, 0.15) is 6.07 Å². The number of hydrogen-bond donors (Lipinski definition) is 1. The molecular weight excluding hydrogens is 384 g/mol. The van der Waals surface area contributed by atoms with Gasteiger partial charge in [-0.2, -0.15) is 5.26 Å². The highest BCUT2D eigenvalue weighted by Gasteiger charge is 2.16. The summed E-state index contributed by atoms with van der Waals surface area (Å²) in [4.78, 5) is 24.3. The van der Waals surface area contributed by atoms with Crippen LogP contribution in [0.3, 0.4) is 0 Å². The molecule has 0 heterocycles. The Morgan fingerprint density at radius 3 is 2.53 bits per heavy atom. The molecule has 0 saturated carbocycles. The average molecular weight is 408 g/mol. The maximum absolute atomic E-state index is 12.2. The summed E-state index contributed by atoms with van der Waals surface area (Å²) in [5, 5.41) is 11.3. The van der Waals surface area contributed by atoms with Crippen molar-refractivity contribution in [2.75, 3.05) is 19.0 Å². The van der Waals surface area contributed by atoms with Crippen molar-refractivity contribution in [3.8, 4) is 17.6 Å². The largest absolute Gasteiger partial charge is 0.493 e. The zero-order valence-electron chi connectivity index (χ0n) is 17.2. The van der Waals surface area contributed by atoms with Gasteiger partial charge in [-0.25, -0.2) is 4.79 Å². The molecule has 156 valence electrons. The number of anilines is 1. The highest BCUT2D eigenvalue weighted by atomic mass is 16.5. The standard InChI is InChI=1S/C23H24N2O5/c1-4-17-5-9-19(10-6-17)25-23(27)16(2)30-22(26)12-8-18-7-11-20(29-14-13-24)21(15-18)28-3/h5-12,15-16H,4,14H2,1-3H3,(H,25,27)/b12-8+. The molecule has 0 aliphatic heterocycles. The van der Waals surface area contributed by atoms with E-state index in [0.29, 0.717) is 22.7 Å². The lowest BCUT2D eigenvalue weighted by Crippen LogP contribution is -2.29. The maximum Gasteiger partial charge on any atom is 0.331 e. The van der Waals surface area contributed by atoms with Gasteiger partial charge in [-0.15, -0.1) is 0 Å². The fourth-order valence-electron chi connectivity index (χ4n) is 2.52. The van der Waals surface area contributed by atoms with Gasteiger partial charge in [0.25, 0.3) is 5.91 Å². The fourth-order valence-corrected chi connectivity index (χ4v) is 2.52. The van der Waals surface area contributed by atoms with Gasteiger partial charge in [-0.3, -0.25) is 4.79 Å². The number of nitrogens with zero attached hydrogens (tertiary/aromatic N) is 1. The molecule has 0 saturated heterocycles. The van der Waals surface area contributed by atoms with E-state index in [4.69, 9.17) is 19.5 Å². The topological polar surface area (TPSA) is 97.6 Å². The summed E-state index contributed by atoms with van der Waals surface area (Å²) >= 11 is 0. The third kappa shape index (κ3) is 6.67. The Kier molecular flexibility index (Phi) is 8.45. The minimum Gasteiger partial charge on any atom is -0.493 e. The van der Waals surface area contributed by atoms with E-state index < -0.39 is 18.0 Å². The molecule has 0 aliphatic rings. The Bertz CT molecular complexity index is 945. The average Bonchev–Trinajstić information content (AvgIpc) is 2.76. The fraction of sp³-hybridized carbons (Fsp3) is 0.261. The number of hydrogen-bond acceptors (Lipinski definition) is 6. The molecular formula is C23H24N2O5. The number of rotatable bonds is 9. The number of methoxy groups -OCH3 is 1. The molecule has 2 aromatic carbocycles. The summed E-state index contributed by atoms with van der Waals surface area (Å²) in [5.41, 5.74) is 2.47. The molecule has 1 N–H and O–H groups in total. The summed E-state index contributed by atoms with van der Waals surface area (Å²) < 4.78 is 15.6. The number of amides is 1. The summed E-state index contributed by atoms with van der Waals surface area (Å²) in [7, 11) is 1.48. The number of nitriles is 1. The quantitative estimate of drug-likeness (QED) is 0.501. The third-order valence-electron chi connectivity index (χ3n) is 4.18. The van der Waals surface area contributed by atoms with Gasteiger partial charge >= 0.3 is 5.97 Å². The van der Waals surface area contributed by atoms with E-state index in [9.17, 15) is 9.59 Å². The highest BCUT2D eigenvalue weighted by Crippen LogP contribution is 2.28. The van der Waals surface area contributed by atoms with Crippen LogP contribution >= 0.6 is 0 Å². The Balaban J connectivity index is 1.92. The van der Waals surface area contributed by atoms with E-state index in [1.807, 2.05) is 30.3 Å². The SMILES string of the molecule is CCc1ccc(NC(=O)C(C)OC(=O)/C=C/c2ccc(OCC#N)c(OC)c2)cc1. The van der Waals surface area contributed by atoms with Crippen molar-refractivity contribution in [1.82, 2.24) is 0 Å².